The Balaban J connectivity index is 0.952. The van der Waals surface area contributed by atoms with Gasteiger partial charge in [-0.05, 0) is 84.6 Å². The Labute approximate surface area is 479 Å². The lowest BCUT2D eigenvalue weighted by Gasteiger charge is -2.09. The van der Waals surface area contributed by atoms with Crippen LogP contribution in [0.5, 0.6) is 0 Å². The van der Waals surface area contributed by atoms with Crippen LogP contribution in [-0.4, -0.2) is 137 Å². The van der Waals surface area contributed by atoms with Gasteiger partial charge >= 0.3 is 20.8 Å². The molecule has 434 valence electrons. The topological polar surface area (TPSA) is 397 Å². The van der Waals surface area contributed by atoms with E-state index in [1.165, 1.54) is 78.9 Å². The number of sulfone groups is 2. The molecule has 6 N–H and O–H groups in total. The number of sulfonamides is 2. The van der Waals surface area contributed by atoms with Gasteiger partial charge in [0.2, 0.25) is 20.0 Å². The number of rotatable bonds is 20. The molecule has 3 aromatic heterocycles. The molecule has 0 aliphatic carbocycles. The molecule has 2 aliphatic rings. The Morgan fingerprint density at radius 1 is 0.381 bits per heavy atom. The molecule has 5 heterocycles. The number of H-pyrrole nitrogens is 2. The van der Waals surface area contributed by atoms with Crippen LogP contribution in [0.2, 0.25) is 0 Å². The third kappa shape index (κ3) is 12.5. The third-order valence-corrected chi connectivity index (χ3v) is 20.6. The minimum absolute atomic E-state index is 0.0150. The van der Waals surface area contributed by atoms with Crippen molar-refractivity contribution in [2.45, 2.75) is 32.4 Å². The third-order valence-electron chi connectivity index (χ3n) is 13.4. The van der Waals surface area contributed by atoms with Gasteiger partial charge in [-0.3, -0.25) is 9.11 Å². The zero-order chi connectivity index (χ0) is 59.4. The summed E-state index contributed by atoms with van der Waals surface area (Å²) in [6, 6.07) is 34.4. The van der Waals surface area contributed by atoms with Crippen LogP contribution >= 0.6 is 0 Å². The number of nitrogens with one attached hydrogen (secondary N) is 4. The molecule has 0 amide bonds. The zero-order valence-corrected chi connectivity index (χ0v) is 48.0. The summed E-state index contributed by atoms with van der Waals surface area (Å²) in [7, 11) is -26.2. The quantitative estimate of drug-likeness (QED) is 0.0541. The number of fused-ring (bicyclic) bond motifs is 20. The van der Waals surface area contributed by atoms with Crippen LogP contribution in [0.1, 0.15) is 11.1 Å². The lowest BCUT2D eigenvalue weighted by atomic mass is 10.1. The fourth-order valence-corrected chi connectivity index (χ4v) is 14.4. The van der Waals surface area contributed by atoms with Crippen LogP contribution < -0.4 is 9.44 Å². The van der Waals surface area contributed by atoms with E-state index in [-0.39, 0.29) is 85.2 Å². The summed E-state index contributed by atoms with van der Waals surface area (Å²) in [6.07, 6.45) is 0.246. The van der Waals surface area contributed by atoms with E-state index in [0.717, 1.165) is 0 Å². The fraction of sp³-hybridized carbons (Fsp3) is 0.154. The SMILES string of the molecule is O=S(=O)(O)OCCS(=O)(=O)c1ccc(CCNS(=O)(=O)c2ccc3c(c2)-c2nc-3nc3[nH]c(nc4nc(nc5[nH]c(n2)c2cc(S(=O)(=O)NCCc6ccc(S(=O)(=O)CCOS(=O)(=O)O)cc6)ccc52)-c2ccccc2-4)c2ccccc32)cc1. The minimum atomic E-state index is -4.84. The van der Waals surface area contributed by atoms with E-state index >= 15 is 0 Å². The molecule has 0 saturated carbocycles. The Morgan fingerprint density at radius 2 is 0.738 bits per heavy atom. The van der Waals surface area contributed by atoms with Crippen molar-refractivity contribution in [1.29, 1.82) is 0 Å². The van der Waals surface area contributed by atoms with Gasteiger partial charge < -0.3 is 9.97 Å². The van der Waals surface area contributed by atoms with Gasteiger partial charge in [0.15, 0.2) is 43.0 Å². The molecule has 6 aromatic carbocycles. The molecule has 9 aromatic rings. The summed E-state index contributed by atoms with van der Waals surface area (Å²) in [6.45, 7) is -1.87. The van der Waals surface area contributed by atoms with Crippen LogP contribution in [-0.2, 0) is 81.7 Å². The number of aromatic nitrogens is 8. The normalized spacial score (nSPS) is 13.1. The highest BCUT2D eigenvalue weighted by Crippen LogP contribution is 2.38. The summed E-state index contributed by atoms with van der Waals surface area (Å²) < 4.78 is 182. The first-order chi connectivity index (χ1) is 39.8. The van der Waals surface area contributed by atoms with Crippen LogP contribution in [0.15, 0.2) is 153 Å². The molecule has 0 radical (unpaired) electrons. The van der Waals surface area contributed by atoms with Gasteiger partial charge in [-0.25, -0.2) is 81.4 Å². The molecular weight excluding hydrogens is 1210 g/mol. The Bertz CT molecular complexity index is 5050. The average molecular weight is 1260 g/mol. The largest absolute Gasteiger partial charge is 0.397 e. The van der Waals surface area contributed by atoms with Crippen LogP contribution in [0.25, 0.3) is 89.7 Å². The van der Waals surface area contributed by atoms with Gasteiger partial charge in [0.1, 0.15) is 22.6 Å². The maximum Gasteiger partial charge on any atom is 0.397 e. The first kappa shape index (κ1) is 57.9. The maximum absolute atomic E-state index is 14.1. The lowest BCUT2D eigenvalue weighted by Crippen LogP contribution is -2.26. The number of aromatic amines is 2. The number of nitrogens with zero attached hydrogens (tertiary/aromatic N) is 6. The van der Waals surface area contributed by atoms with Gasteiger partial charge in [0, 0.05) is 56.9 Å². The van der Waals surface area contributed by atoms with Crippen LogP contribution in [0.4, 0.5) is 0 Å². The molecule has 84 heavy (non-hydrogen) atoms. The van der Waals surface area contributed by atoms with Crippen molar-refractivity contribution >= 4 is 105 Å². The van der Waals surface area contributed by atoms with Gasteiger partial charge in [-0.1, -0.05) is 72.8 Å². The Morgan fingerprint density at radius 3 is 1.18 bits per heavy atom. The van der Waals surface area contributed by atoms with E-state index in [1.807, 2.05) is 48.5 Å². The van der Waals surface area contributed by atoms with Crippen molar-refractivity contribution in [3.8, 4) is 45.6 Å². The lowest BCUT2D eigenvalue weighted by molar-refractivity contribution is 0.282. The van der Waals surface area contributed by atoms with E-state index in [1.54, 1.807) is 6.07 Å². The second kappa shape index (κ2) is 22.3. The predicted molar refractivity (Wildman–Crippen MR) is 306 cm³/mol. The molecule has 8 bridgehead atoms. The van der Waals surface area contributed by atoms with Gasteiger partial charge in [-0.15, -0.1) is 0 Å². The van der Waals surface area contributed by atoms with Crippen molar-refractivity contribution in [2.24, 2.45) is 0 Å². The van der Waals surface area contributed by atoms with Crippen LogP contribution in [0, 0.1) is 0 Å². The molecule has 0 fully saturated rings. The summed E-state index contributed by atoms with van der Waals surface area (Å²) in [4.78, 5) is 35.5. The van der Waals surface area contributed by atoms with Crippen molar-refractivity contribution in [1.82, 2.24) is 49.3 Å². The standard InChI is InChI=1S/C52H44N10O16S6/c63-79(64,27-25-77-83(71,72)73)33-13-9-31(10-14-33)21-23-53-81(67,68)35-17-19-41-43(29-35)51-60-49(41)58-47-39-7-3-1-5-37(39)45(56-47)55-46-38-6-2-4-8-40(38)48(57-46)59-50-42-20-18-36(30-44(42)52(61-50)62-51)82(69,70)54-24-22-32-11-15-34(16-12-32)80(65,66)28-26-78-84(74,75)76/h1-20,29-30,53-54H,21-28H2,(H,71,72,73)(H,74,75,76)(H2,55,56,57,58,59,60,61,62). The number of hydrogen-bond donors (Lipinski definition) is 6. The summed E-state index contributed by atoms with van der Waals surface area (Å²) in [5.41, 5.74) is 4.16. The molecule has 0 atom stereocenters. The first-order valence-corrected chi connectivity index (χ1v) is 34.0. The molecule has 0 unspecified atom stereocenters. The second-order valence-electron chi connectivity index (χ2n) is 18.8. The van der Waals surface area contributed by atoms with Gasteiger partial charge in [-0.2, -0.15) is 16.8 Å². The number of hydrogen-bond acceptors (Lipinski definition) is 20. The molecule has 11 rings (SSSR count). The zero-order valence-electron chi connectivity index (χ0n) is 43.1. The van der Waals surface area contributed by atoms with Gasteiger partial charge in [0.25, 0.3) is 0 Å². The highest BCUT2D eigenvalue weighted by atomic mass is 32.3. The van der Waals surface area contributed by atoms with Crippen molar-refractivity contribution < 1.29 is 68.0 Å². The van der Waals surface area contributed by atoms with E-state index in [4.69, 9.17) is 39.0 Å². The Hall–Kier alpha value is -7.86. The molecule has 32 heteroatoms. The van der Waals surface area contributed by atoms with E-state index < -0.39 is 85.2 Å². The minimum Gasteiger partial charge on any atom is -0.324 e. The average Bonchev–Trinajstić information content (AvgIpc) is 3.05. The van der Waals surface area contributed by atoms with Gasteiger partial charge in [0.05, 0.1) is 44.3 Å². The van der Waals surface area contributed by atoms with Crippen LogP contribution in [0.3, 0.4) is 0 Å². The molecular formula is C52H44N10O16S6. The first-order valence-electron chi connectivity index (χ1n) is 24.9. The molecule has 2 aliphatic heterocycles. The van der Waals surface area contributed by atoms with E-state index in [9.17, 15) is 50.5 Å². The van der Waals surface area contributed by atoms with Crippen molar-refractivity contribution in [2.75, 3.05) is 37.8 Å². The molecule has 0 spiro atoms. The van der Waals surface area contributed by atoms with Crippen molar-refractivity contribution in [3.05, 3.63) is 145 Å². The maximum atomic E-state index is 14.1. The Kier molecular flexibility index (Phi) is 15.4. The fourth-order valence-electron chi connectivity index (χ4n) is 9.27. The van der Waals surface area contributed by atoms with E-state index in [0.29, 0.717) is 61.1 Å². The highest BCUT2D eigenvalue weighted by Gasteiger charge is 2.27. The highest BCUT2D eigenvalue weighted by molar-refractivity contribution is 7.92. The summed E-state index contributed by atoms with van der Waals surface area (Å²) in [5.74, 6) is -0.730. The molecule has 26 nitrogen and oxygen atoms in total. The monoisotopic (exact) mass is 1260 g/mol. The molecule has 0 saturated heterocycles. The predicted octanol–water partition coefficient (Wildman–Crippen LogP) is 5.10. The second-order valence-corrected chi connectivity index (χ2v) is 28.8. The number of benzene rings is 6. The van der Waals surface area contributed by atoms with Crippen molar-refractivity contribution in [3.63, 3.8) is 0 Å². The smallest absolute Gasteiger partial charge is 0.324 e. The van der Waals surface area contributed by atoms with E-state index in [2.05, 4.69) is 27.8 Å². The summed E-state index contributed by atoms with van der Waals surface area (Å²) >= 11 is 0. The summed E-state index contributed by atoms with van der Waals surface area (Å²) in [5, 5.41) is 2.06.